The van der Waals surface area contributed by atoms with Crippen LogP contribution >= 0.6 is 11.6 Å². The van der Waals surface area contributed by atoms with Crippen LogP contribution < -0.4 is 5.32 Å². The largest absolute Gasteiger partial charge is 0.478 e. The Kier molecular flexibility index (Phi) is 3.97. The molecule has 0 spiro atoms. The molecule has 0 aliphatic carbocycles. The zero-order valence-electron chi connectivity index (χ0n) is 10.2. The number of aromatic nitrogens is 2. The number of hydrogen-bond acceptors (Lipinski definition) is 4. The van der Waals surface area contributed by atoms with Gasteiger partial charge in [0.05, 0.1) is 22.8 Å². The average molecular weight is 278 g/mol. The van der Waals surface area contributed by atoms with Crippen molar-refractivity contribution < 1.29 is 9.90 Å². The molecule has 0 unspecified atom stereocenters. The van der Waals surface area contributed by atoms with Crippen LogP contribution in [0.2, 0.25) is 5.02 Å². The molecule has 19 heavy (non-hydrogen) atoms. The lowest BCUT2D eigenvalue weighted by molar-refractivity contribution is 0.0697. The van der Waals surface area contributed by atoms with Gasteiger partial charge in [0.1, 0.15) is 5.82 Å². The second-order valence-electron chi connectivity index (χ2n) is 3.95. The summed E-state index contributed by atoms with van der Waals surface area (Å²) < 4.78 is 0. The molecule has 2 aromatic rings. The van der Waals surface area contributed by atoms with Gasteiger partial charge in [-0.3, -0.25) is 0 Å². The molecule has 1 aromatic carbocycles. The number of rotatable bonds is 4. The Labute approximate surface area is 115 Å². The lowest BCUT2D eigenvalue weighted by Crippen LogP contribution is -2.04. The predicted molar refractivity (Wildman–Crippen MR) is 72.5 cm³/mol. The highest BCUT2D eigenvalue weighted by molar-refractivity contribution is 6.33. The standard InChI is InChI=1S/C13H12ClN3O2/c1-8-15-5-4-10(17-8)7-16-9-2-3-11(13(18)19)12(14)6-9/h2-6,16H,7H2,1H3,(H,18,19). The van der Waals surface area contributed by atoms with Gasteiger partial charge in [-0.15, -0.1) is 0 Å². The molecule has 0 bridgehead atoms. The molecule has 2 rings (SSSR count). The fourth-order valence-electron chi connectivity index (χ4n) is 1.59. The van der Waals surface area contributed by atoms with E-state index in [0.29, 0.717) is 12.4 Å². The normalized spacial score (nSPS) is 10.2. The minimum atomic E-state index is -1.04. The van der Waals surface area contributed by atoms with Gasteiger partial charge in [-0.2, -0.15) is 0 Å². The number of benzene rings is 1. The van der Waals surface area contributed by atoms with Crippen LogP contribution in [0.4, 0.5) is 5.69 Å². The van der Waals surface area contributed by atoms with Crippen LogP contribution in [0.5, 0.6) is 0 Å². The second-order valence-corrected chi connectivity index (χ2v) is 4.36. The summed E-state index contributed by atoms with van der Waals surface area (Å²) in [6.45, 7) is 2.34. The molecule has 0 fully saturated rings. The van der Waals surface area contributed by atoms with Crippen LogP contribution in [0.3, 0.4) is 0 Å². The zero-order valence-corrected chi connectivity index (χ0v) is 11.0. The monoisotopic (exact) mass is 277 g/mol. The van der Waals surface area contributed by atoms with E-state index in [1.165, 1.54) is 6.07 Å². The van der Waals surface area contributed by atoms with E-state index in [9.17, 15) is 4.79 Å². The lowest BCUT2D eigenvalue weighted by Gasteiger charge is -2.07. The second kappa shape index (κ2) is 5.67. The number of carboxylic acid groups (broad SMARTS) is 1. The molecular formula is C13H12ClN3O2. The van der Waals surface area contributed by atoms with Crippen molar-refractivity contribution >= 4 is 23.3 Å². The Morgan fingerprint density at radius 2 is 2.21 bits per heavy atom. The molecule has 0 radical (unpaired) electrons. The van der Waals surface area contributed by atoms with E-state index < -0.39 is 5.97 Å². The van der Waals surface area contributed by atoms with Crippen molar-refractivity contribution in [3.8, 4) is 0 Å². The fraction of sp³-hybridized carbons (Fsp3) is 0.154. The van der Waals surface area contributed by atoms with Gasteiger partial charge in [0.2, 0.25) is 0 Å². The van der Waals surface area contributed by atoms with Crippen LogP contribution in [-0.2, 0) is 6.54 Å². The quantitative estimate of drug-likeness (QED) is 0.899. The van der Waals surface area contributed by atoms with Crippen molar-refractivity contribution in [3.63, 3.8) is 0 Å². The van der Waals surface area contributed by atoms with Crippen molar-refractivity contribution in [1.29, 1.82) is 0 Å². The highest BCUT2D eigenvalue weighted by Crippen LogP contribution is 2.21. The molecule has 0 atom stereocenters. The SMILES string of the molecule is Cc1nccc(CNc2ccc(C(=O)O)c(Cl)c2)n1. The molecule has 6 heteroatoms. The number of halogens is 1. The first-order valence-corrected chi connectivity index (χ1v) is 5.99. The van der Waals surface area contributed by atoms with Crippen molar-refractivity contribution in [1.82, 2.24) is 9.97 Å². The van der Waals surface area contributed by atoms with Gasteiger partial charge in [0.15, 0.2) is 0 Å². The van der Waals surface area contributed by atoms with Gasteiger partial charge < -0.3 is 10.4 Å². The van der Waals surface area contributed by atoms with Crippen molar-refractivity contribution in [2.45, 2.75) is 13.5 Å². The van der Waals surface area contributed by atoms with Crippen LogP contribution in [0.25, 0.3) is 0 Å². The van der Waals surface area contributed by atoms with Crippen LogP contribution in [0.1, 0.15) is 21.9 Å². The van der Waals surface area contributed by atoms with Gasteiger partial charge >= 0.3 is 5.97 Å². The molecule has 0 aliphatic heterocycles. The third-order valence-corrected chi connectivity index (χ3v) is 2.82. The maximum Gasteiger partial charge on any atom is 0.337 e. The van der Waals surface area contributed by atoms with E-state index in [1.54, 1.807) is 18.3 Å². The summed E-state index contributed by atoms with van der Waals surface area (Å²) >= 11 is 5.88. The summed E-state index contributed by atoms with van der Waals surface area (Å²) in [6, 6.07) is 6.54. The number of anilines is 1. The topological polar surface area (TPSA) is 75.1 Å². The zero-order chi connectivity index (χ0) is 13.8. The number of nitrogens with one attached hydrogen (secondary N) is 1. The fourth-order valence-corrected chi connectivity index (χ4v) is 1.86. The van der Waals surface area contributed by atoms with Crippen molar-refractivity contribution in [3.05, 3.63) is 52.6 Å². The molecular weight excluding hydrogens is 266 g/mol. The summed E-state index contributed by atoms with van der Waals surface area (Å²) in [5, 5.41) is 12.2. The molecule has 1 aromatic heterocycles. The minimum Gasteiger partial charge on any atom is -0.478 e. The third-order valence-electron chi connectivity index (χ3n) is 2.51. The summed E-state index contributed by atoms with van der Waals surface area (Å²) in [5.74, 6) is -0.332. The summed E-state index contributed by atoms with van der Waals surface area (Å²) in [5.41, 5.74) is 1.68. The van der Waals surface area contributed by atoms with Gasteiger partial charge in [-0.05, 0) is 31.2 Å². The van der Waals surface area contributed by atoms with E-state index in [2.05, 4.69) is 15.3 Å². The van der Waals surface area contributed by atoms with E-state index in [1.807, 2.05) is 13.0 Å². The van der Waals surface area contributed by atoms with Gasteiger partial charge in [0, 0.05) is 11.9 Å². The van der Waals surface area contributed by atoms with Crippen molar-refractivity contribution in [2.24, 2.45) is 0 Å². The van der Waals surface area contributed by atoms with E-state index in [-0.39, 0.29) is 10.6 Å². The first-order chi connectivity index (χ1) is 9.06. The lowest BCUT2D eigenvalue weighted by atomic mass is 10.2. The van der Waals surface area contributed by atoms with Gasteiger partial charge in [-0.1, -0.05) is 11.6 Å². The van der Waals surface area contributed by atoms with Gasteiger partial charge in [0.25, 0.3) is 0 Å². The number of nitrogens with zero attached hydrogens (tertiary/aromatic N) is 2. The highest BCUT2D eigenvalue weighted by Gasteiger charge is 2.08. The Balaban J connectivity index is 2.08. The third kappa shape index (κ3) is 3.42. The molecule has 0 amide bonds. The molecule has 5 nitrogen and oxygen atoms in total. The number of carbonyl (C=O) groups is 1. The van der Waals surface area contributed by atoms with E-state index in [4.69, 9.17) is 16.7 Å². The van der Waals surface area contributed by atoms with Crippen LogP contribution in [0.15, 0.2) is 30.5 Å². The van der Waals surface area contributed by atoms with E-state index >= 15 is 0 Å². The van der Waals surface area contributed by atoms with E-state index in [0.717, 1.165) is 11.4 Å². The number of carboxylic acids is 1. The predicted octanol–water partition coefficient (Wildman–Crippen LogP) is 2.75. The molecule has 2 N–H and O–H groups in total. The average Bonchev–Trinajstić information content (AvgIpc) is 2.36. The molecule has 1 heterocycles. The number of aryl methyl sites for hydroxylation is 1. The molecule has 98 valence electrons. The van der Waals surface area contributed by atoms with Crippen LogP contribution in [0, 0.1) is 6.92 Å². The summed E-state index contributed by atoms with van der Waals surface area (Å²) in [4.78, 5) is 19.1. The number of aromatic carboxylic acids is 1. The van der Waals surface area contributed by atoms with Gasteiger partial charge in [-0.25, -0.2) is 14.8 Å². The summed E-state index contributed by atoms with van der Waals surface area (Å²) in [7, 11) is 0. The maximum atomic E-state index is 10.8. The first-order valence-electron chi connectivity index (χ1n) is 5.61. The Morgan fingerprint density at radius 3 is 2.84 bits per heavy atom. The molecule has 0 saturated heterocycles. The maximum absolute atomic E-state index is 10.8. The Hall–Kier alpha value is -2.14. The molecule has 0 saturated carbocycles. The number of hydrogen-bond donors (Lipinski definition) is 2. The first kappa shape index (κ1) is 13.3. The smallest absolute Gasteiger partial charge is 0.337 e. The minimum absolute atomic E-state index is 0.0881. The Bertz CT molecular complexity index is 617. The van der Waals surface area contributed by atoms with Crippen molar-refractivity contribution in [2.75, 3.05) is 5.32 Å². The Morgan fingerprint density at radius 1 is 1.42 bits per heavy atom. The highest BCUT2D eigenvalue weighted by atomic mass is 35.5. The molecule has 0 aliphatic rings. The summed E-state index contributed by atoms with van der Waals surface area (Å²) in [6.07, 6.45) is 1.69. The van der Waals surface area contributed by atoms with Crippen LogP contribution in [-0.4, -0.2) is 21.0 Å².